The van der Waals surface area contributed by atoms with E-state index in [0.29, 0.717) is 6.04 Å². The van der Waals surface area contributed by atoms with E-state index in [2.05, 4.69) is 38.2 Å². The number of hydrogen-bond acceptors (Lipinski definition) is 2. The van der Waals surface area contributed by atoms with Gasteiger partial charge in [-0.2, -0.15) is 0 Å². The fourth-order valence-electron chi connectivity index (χ4n) is 2.81. The lowest BCUT2D eigenvalue weighted by Gasteiger charge is -2.34. The number of rotatable bonds is 4. The molecule has 0 aliphatic heterocycles. The van der Waals surface area contributed by atoms with Crippen LogP contribution in [0.4, 0.5) is 0 Å². The molecular formula is C15H25NO. The minimum absolute atomic E-state index is 0.661. The summed E-state index contributed by atoms with van der Waals surface area (Å²) in [6, 6.07) is 4.85. The Hall–Kier alpha value is -0.760. The number of aryl methyl sites for hydroxylation is 1. The molecule has 1 heterocycles. The maximum Gasteiger partial charge on any atom is 0.117 e. The van der Waals surface area contributed by atoms with Crippen LogP contribution in [0.3, 0.4) is 0 Å². The summed E-state index contributed by atoms with van der Waals surface area (Å²) in [5.74, 6) is 3.80. The molecule has 0 aromatic carbocycles. The van der Waals surface area contributed by atoms with Crippen molar-refractivity contribution in [3.05, 3.63) is 23.7 Å². The Labute approximate surface area is 105 Å². The van der Waals surface area contributed by atoms with Crippen LogP contribution in [-0.2, 0) is 13.0 Å². The van der Waals surface area contributed by atoms with Crippen molar-refractivity contribution in [2.75, 3.05) is 0 Å². The van der Waals surface area contributed by atoms with Crippen molar-refractivity contribution in [1.82, 2.24) is 5.32 Å². The molecule has 0 amide bonds. The fraction of sp³-hybridized carbons (Fsp3) is 0.733. The molecule has 3 unspecified atom stereocenters. The van der Waals surface area contributed by atoms with Gasteiger partial charge in [-0.1, -0.05) is 33.6 Å². The van der Waals surface area contributed by atoms with E-state index < -0.39 is 0 Å². The molecule has 3 atom stereocenters. The Morgan fingerprint density at radius 2 is 2.00 bits per heavy atom. The highest BCUT2D eigenvalue weighted by Gasteiger charge is 2.26. The normalized spacial score (nSPS) is 29.5. The summed E-state index contributed by atoms with van der Waals surface area (Å²) < 4.78 is 5.72. The Morgan fingerprint density at radius 1 is 1.24 bits per heavy atom. The lowest BCUT2D eigenvalue weighted by Crippen LogP contribution is -2.40. The van der Waals surface area contributed by atoms with E-state index in [-0.39, 0.29) is 0 Å². The molecule has 1 aliphatic carbocycles. The van der Waals surface area contributed by atoms with E-state index in [4.69, 9.17) is 4.42 Å². The third-order valence-corrected chi connectivity index (χ3v) is 4.31. The molecule has 1 N–H and O–H groups in total. The van der Waals surface area contributed by atoms with E-state index in [9.17, 15) is 0 Å². The molecule has 96 valence electrons. The van der Waals surface area contributed by atoms with Gasteiger partial charge >= 0.3 is 0 Å². The first-order valence-electron chi connectivity index (χ1n) is 7.01. The fourth-order valence-corrected chi connectivity index (χ4v) is 2.81. The van der Waals surface area contributed by atoms with Gasteiger partial charge in [0.15, 0.2) is 0 Å². The van der Waals surface area contributed by atoms with Gasteiger partial charge < -0.3 is 9.73 Å². The van der Waals surface area contributed by atoms with Gasteiger partial charge in [0, 0.05) is 12.5 Å². The first-order valence-corrected chi connectivity index (χ1v) is 7.01. The van der Waals surface area contributed by atoms with Gasteiger partial charge in [-0.25, -0.2) is 0 Å². The number of hydrogen-bond donors (Lipinski definition) is 1. The summed E-state index contributed by atoms with van der Waals surface area (Å²) in [6.07, 6.45) is 5.05. The zero-order chi connectivity index (χ0) is 12.3. The van der Waals surface area contributed by atoms with Gasteiger partial charge in [0.1, 0.15) is 11.5 Å². The Morgan fingerprint density at radius 3 is 2.71 bits per heavy atom. The van der Waals surface area contributed by atoms with Crippen LogP contribution in [0.2, 0.25) is 0 Å². The van der Waals surface area contributed by atoms with Crippen molar-refractivity contribution >= 4 is 0 Å². The SMILES string of the molecule is CCc1ccc(CNC2CCCC(C)C2C)o1. The summed E-state index contributed by atoms with van der Waals surface area (Å²) >= 11 is 0. The summed E-state index contributed by atoms with van der Waals surface area (Å²) in [6.45, 7) is 7.75. The quantitative estimate of drug-likeness (QED) is 0.859. The molecule has 1 aromatic rings. The van der Waals surface area contributed by atoms with E-state index in [0.717, 1.165) is 36.3 Å². The first kappa shape index (κ1) is 12.7. The first-order chi connectivity index (χ1) is 8.20. The standard InChI is InChI=1S/C15H25NO/c1-4-13-8-9-14(17-13)10-16-15-7-5-6-11(2)12(15)3/h8-9,11-12,15-16H,4-7,10H2,1-3H3. The van der Waals surface area contributed by atoms with Gasteiger partial charge in [0.05, 0.1) is 6.54 Å². The molecule has 2 rings (SSSR count). The van der Waals surface area contributed by atoms with Crippen LogP contribution >= 0.6 is 0 Å². The molecule has 1 saturated carbocycles. The van der Waals surface area contributed by atoms with Crippen LogP contribution in [0.15, 0.2) is 16.5 Å². The van der Waals surface area contributed by atoms with Crippen LogP contribution in [0.5, 0.6) is 0 Å². The second-order valence-electron chi connectivity index (χ2n) is 5.48. The summed E-state index contributed by atoms with van der Waals surface area (Å²) in [5, 5.41) is 3.66. The summed E-state index contributed by atoms with van der Waals surface area (Å²) in [7, 11) is 0. The van der Waals surface area contributed by atoms with Crippen molar-refractivity contribution in [2.24, 2.45) is 11.8 Å². The monoisotopic (exact) mass is 235 g/mol. The van der Waals surface area contributed by atoms with Crippen molar-refractivity contribution < 1.29 is 4.42 Å². The third kappa shape index (κ3) is 3.12. The maximum atomic E-state index is 5.72. The molecule has 1 aromatic heterocycles. The maximum absolute atomic E-state index is 5.72. The van der Waals surface area contributed by atoms with E-state index in [1.165, 1.54) is 19.3 Å². The van der Waals surface area contributed by atoms with Crippen molar-refractivity contribution in [2.45, 2.75) is 59.0 Å². The predicted molar refractivity (Wildman–Crippen MR) is 70.9 cm³/mol. The number of nitrogens with one attached hydrogen (secondary N) is 1. The molecule has 2 nitrogen and oxygen atoms in total. The zero-order valence-corrected chi connectivity index (χ0v) is 11.3. The van der Waals surface area contributed by atoms with Gasteiger partial charge in [-0.3, -0.25) is 0 Å². The highest BCUT2D eigenvalue weighted by molar-refractivity contribution is 5.07. The molecular weight excluding hydrogens is 210 g/mol. The van der Waals surface area contributed by atoms with Crippen molar-refractivity contribution in [3.63, 3.8) is 0 Å². The summed E-state index contributed by atoms with van der Waals surface area (Å²) in [5.41, 5.74) is 0. The van der Waals surface area contributed by atoms with E-state index in [1.807, 2.05) is 0 Å². The lowest BCUT2D eigenvalue weighted by atomic mass is 9.78. The smallest absolute Gasteiger partial charge is 0.117 e. The topological polar surface area (TPSA) is 25.2 Å². The van der Waals surface area contributed by atoms with Crippen LogP contribution in [0.25, 0.3) is 0 Å². The molecule has 0 radical (unpaired) electrons. The average molecular weight is 235 g/mol. The highest BCUT2D eigenvalue weighted by Crippen LogP contribution is 2.29. The minimum Gasteiger partial charge on any atom is -0.465 e. The van der Waals surface area contributed by atoms with Crippen molar-refractivity contribution in [3.8, 4) is 0 Å². The largest absolute Gasteiger partial charge is 0.465 e. The highest BCUT2D eigenvalue weighted by atomic mass is 16.3. The zero-order valence-electron chi connectivity index (χ0n) is 11.3. The second kappa shape index (κ2) is 5.72. The summed E-state index contributed by atoms with van der Waals surface area (Å²) in [4.78, 5) is 0. The van der Waals surface area contributed by atoms with Gasteiger partial charge in [0.2, 0.25) is 0 Å². The van der Waals surface area contributed by atoms with Crippen LogP contribution < -0.4 is 5.32 Å². The minimum atomic E-state index is 0.661. The molecule has 0 bridgehead atoms. The Balaban J connectivity index is 1.84. The Bertz CT molecular complexity index is 344. The van der Waals surface area contributed by atoms with Crippen molar-refractivity contribution in [1.29, 1.82) is 0 Å². The molecule has 0 saturated heterocycles. The lowest BCUT2D eigenvalue weighted by molar-refractivity contribution is 0.202. The van der Waals surface area contributed by atoms with Crippen LogP contribution in [-0.4, -0.2) is 6.04 Å². The second-order valence-corrected chi connectivity index (χ2v) is 5.48. The van der Waals surface area contributed by atoms with Crippen LogP contribution in [0.1, 0.15) is 51.6 Å². The molecule has 0 spiro atoms. The number of furan rings is 1. The predicted octanol–water partition coefficient (Wildman–Crippen LogP) is 3.76. The molecule has 1 fully saturated rings. The molecule has 17 heavy (non-hydrogen) atoms. The van der Waals surface area contributed by atoms with E-state index >= 15 is 0 Å². The van der Waals surface area contributed by atoms with Gasteiger partial charge in [0.25, 0.3) is 0 Å². The Kier molecular flexibility index (Phi) is 4.27. The van der Waals surface area contributed by atoms with Gasteiger partial charge in [-0.15, -0.1) is 0 Å². The molecule has 1 aliphatic rings. The van der Waals surface area contributed by atoms with Gasteiger partial charge in [-0.05, 0) is 30.4 Å². The average Bonchev–Trinajstić information content (AvgIpc) is 2.79. The third-order valence-electron chi connectivity index (χ3n) is 4.31. The van der Waals surface area contributed by atoms with E-state index in [1.54, 1.807) is 0 Å². The molecule has 2 heteroatoms. The van der Waals surface area contributed by atoms with Crippen LogP contribution in [0, 0.1) is 11.8 Å².